The molecule has 0 spiro atoms. The van der Waals surface area contributed by atoms with Crippen molar-refractivity contribution in [2.24, 2.45) is 0 Å². The SMILES string of the molecule is CCOc1ccccc1C(=O)NCc1cccnc1N1CCN(C)CC1. The van der Waals surface area contributed by atoms with Crippen LogP contribution in [0.3, 0.4) is 0 Å². The molecule has 26 heavy (non-hydrogen) atoms. The summed E-state index contributed by atoms with van der Waals surface area (Å²) in [5.74, 6) is 1.43. The largest absolute Gasteiger partial charge is 0.493 e. The van der Waals surface area contributed by atoms with Crippen LogP contribution in [0, 0.1) is 0 Å². The number of hydrogen-bond acceptors (Lipinski definition) is 5. The summed E-state index contributed by atoms with van der Waals surface area (Å²) in [6, 6.07) is 11.2. The van der Waals surface area contributed by atoms with E-state index in [2.05, 4.69) is 27.1 Å². The normalized spacial score (nSPS) is 14.9. The van der Waals surface area contributed by atoms with Crippen LogP contribution < -0.4 is 15.0 Å². The van der Waals surface area contributed by atoms with E-state index in [9.17, 15) is 4.79 Å². The Labute approximate surface area is 154 Å². The molecule has 0 atom stereocenters. The third kappa shape index (κ3) is 4.32. The molecule has 2 heterocycles. The van der Waals surface area contributed by atoms with Gasteiger partial charge in [0, 0.05) is 44.5 Å². The van der Waals surface area contributed by atoms with E-state index in [0.717, 1.165) is 37.6 Å². The van der Waals surface area contributed by atoms with E-state index in [0.29, 0.717) is 24.5 Å². The molecular formula is C20H26N4O2. The van der Waals surface area contributed by atoms with Gasteiger partial charge < -0.3 is 19.9 Å². The van der Waals surface area contributed by atoms with Crippen molar-refractivity contribution in [1.82, 2.24) is 15.2 Å². The topological polar surface area (TPSA) is 57.7 Å². The maximum absolute atomic E-state index is 12.6. The zero-order valence-corrected chi connectivity index (χ0v) is 15.4. The summed E-state index contributed by atoms with van der Waals surface area (Å²) in [5, 5.41) is 3.01. The standard InChI is InChI=1S/C20H26N4O2/c1-3-26-18-9-5-4-8-17(18)20(25)22-15-16-7-6-10-21-19(16)24-13-11-23(2)12-14-24/h4-10H,3,11-15H2,1-2H3,(H,22,25). The fraction of sp³-hybridized carbons (Fsp3) is 0.400. The first kappa shape index (κ1) is 18.2. The van der Waals surface area contributed by atoms with Crippen LogP contribution in [0.25, 0.3) is 0 Å². The third-order valence-corrected chi connectivity index (χ3v) is 4.54. The van der Waals surface area contributed by atoms with Gasteiger partial charge in [-0.25, -0.2) is 4.98 Å². The average molecular weight is 354 g/mol. The number of amides is 1. The third-order valence-electron chi connectivity index (χ3n) is 4.54. The predicted octanol–water partition coefficient (Wildman–Crippen LogP) is 2.16. The number of carbonyl (C=O) groups is 1. The van der Waals surface area contributed by atoms with E-state index in [1.54, 1.807) is 6.07 Å². The van der Waals surface area contributed by atoms with Crippen molar-refractivity contribution in [3.05, 3.63) is 53.7 Å². The number of rotatable bonds is 6. The first-order valence-corrected chi connectivity index (χ1v) is 9.06. The molecule has 1 aromatic heterocycles. The number of anilines is 1. The molecule has 6 nitrogen and oxygen atoms in total. The minimum absolute atomic E-state index is 0.137. The second-order valence-electron chi connectivity index (χ2n) is 6.39. The molecule has 0 radical (unpaired) electrons. The number of carbonyl (C=O) groups excluding carboxylic acids is 1. The molecule has 0 bridgehead atoms. The van der Waals surface area contributed by atoms with Crippen LogP contribution in [-0.4, -0.2) is 55.6 Å². The minimum atomic E-state index is -0.137. The number of nitrogens with zero attached hydrogens (tertiary/aromatic N) is 3. The quantitative estimate of drug-likeness (QED) is 0.862. The molecule has 3 rings (SSSR count). The van der Waals surface area contributed by atoms with Gasteiger partial charge in [-0.05, 0) is 32.2 Å². The number of benzene rings is 1. The van der Waals surface area contributed by atoms with Crippen LogP contribution in [0.4, 0.5) is 5.82 Å². The van der Waals surface area contributed by atoms with E-state index >= 15 is 0 Å². The van der Waals surface area contributed by atoms with Crippen LogP contribution in [0.1, 0.15) is 22.8 Å². The Hall–Kier alpha value is -2.60. The summed E-state index contributed by atoms with van der Waals surface area (Å²) in [7, 11) is 2.13. The number of aromatic nitrogens is 1. The first-order valence-electron chi connectivity index (χ1n) is 9.06. The van der Waals surface area contributed by atoms with E-state index in [1.807, 2.05) is 43.5 Å². The van der Waals surface area contributed by atoms with Crippen LogP contribution in [-0.2, 0) is 6.54 Å². The Bertz CT molecular complexity index is 742. The number of hydrogen-bond donors (Lipinski definition) is 1. The number of pyridine rings is 1. The van der Waals surface area contributed by atoms with Crippen molar-refractivity contribution in [3.63, 3.8) is 0 Å². The zero-order valence-electron chi connectivity index (χ0n) is 15.4. The number of likely N-dealkylation sites (N-methyl/N-ethyl adjacent to an activating group) is 1. The van der Waals surface area contributed by atoms with Gasteiger partial charge in [0.2, 0.25) is 0 Å². The van der Waals surface area contributed by atoms with Crippen molar-refractivity contribution in [3.8, 4) is 5.75 Å². The van der Waals surface area contributed by atoms with Gasteiger partial charge in [-0.2, -0.15) is 0 Å². The summed E-state index contributed by atoms with van der Waals surface area (Å²) < 4.78 is 5.55. The Balaban J connectivity index is 1.69. The summed E-state index contributed by atoms with van der Waals surface area (Å²) in [6.07, 6.45) is 1.81. The van der Waals surface area contributed by atoms with Crippen molar-refractivity contribution >= 4 is 11.7 Å². The summed E-state index contributed by atoms with van der Waals surface area (Å²) in [4.78, 5) is 21.8. The van der Waals surface area contributed by atoms with E-state index in [4.69, 9.17) is 4.74 Å². The zero-order chi connectivity index (χ0) is 18.4. The lowest BCUT2D eigenvalue weighted by atomic mass is 10.1. The predicted molar refractivity (Wildman–Crippen MR) is 103 cm³/mol. The molecule has 1 amide bonds. The van der Waals surface area contributed by atoms with Gasteiger partial charge in [0.15, 0.2) is 0 Å². The van der Waals surface area contributed by atoms with Crippen LogP contribution in [0.15, 0.2) is 42.6 Å². The number of nitrogens with one attached hydrogen (secondary N) is 1. The lowest BCUT2D eigenvalue weighted by molar-refractivity contribution is 0.0947. The summed E-state index contributed by atoms with van der Waals surface area (Å²) in [5.41, 5.74) is 1.58. The highest BCUT2D eigenvalue weighted by atomic mass is 16.5. The van der Waals surface area contributed by atoms with E-state index in [-0.39, 0.29) is 5.91 Å². The average Bonchev–Trinajstić information content (AvgIpc) is 2.68. The Morgan fingerprint density at radius 2 is 1.92 bits per heavy atom. The van der Waals surface area contributed by atoms with Gasteiger partial charge in [-0.15, -0.1) is 0 Å². The molecule has 6 heteroatoms. The molecule has 1 aliphatic rings. The highest BCUT2D eigenvalue weighted by molar-refractivity contribution is 5.96. The van der Waals surface area contributed by atoms with E-state index < -0.39 is 0 Å². The molecule has 1 fully saturated rings. The molecule has 1 aromatic carbocycles. The lowest BCUT2D eigenvalue weighted by Gasteiger charge is -2.34. The Morgan fingerprint density at radius 3 is 2.69 bits per heavy atom. The number of ether oxygens (including phenoxy) is 1. The monoisotopic (exact) mass is 354 g/mol. The van der Waals surface area contributed by atoms with Crippen molar-refractivity contribution in [2.75, 3.05) is 44.7 Å². The van der Waals surface area contributed by atoms with Crippen molar-refractivity contribution < 1.29 is 9.53 Å². The molecule has 1 N–H and O–H groups in total. The number of para-hydroxylation sites is 1. The fourth-order valence-electron chi connectivity index (χ4n) is 3.08. The van der Waals surface area contributed by atoms with Gasteiger partial charge in [0.25, 0.3) is 5.91 Å². The second kappa shape index (κ2) is 8.67. The smallest absolute Gasteiger partial charge is 0.255 e. The van der Waals surface area contributed by atoms with Gasteiger partial charge in [0.05, 0.1) is 12.2 Å². The van der Waals surface area contributed by atoms with Crippen LogP contribution >= 0.6 is 0 Å². The van der Waals surface area contributed by atoms with Crippen molar-refractivity contribution in [1.29, 1.82) is 0 Å². The molecule has 138 valence electrons. The van der Waals surface area contributed by atoms with Gasteiger partial charge >= 0.3 is 0 Å². The highest BCUT2D eigenvalue weighted by Crippen LogP contribution is 2.20. The number of piperazine rings is 1. The first-order chi connectivity index (χ1) is 12.7. The maximum atomic E-state index is 12.6. The molecule has 1 saturated heterocycles. The second-order valence-corrected chi connectivity index (χ2v) is 6.39. The van der Waals surface area contributed by atoms with E-state index in [1.165, 1.54) is 0 Å². The molecule has 0 saturated carbocycles. The molecular weight excluding hydrogens is 328 g/mol. The Kier molecular flexibility index (Phi) is 6.07. The molecule has 0 aliphatic carbocycles. The summed E-state index contributed by atoms with van der Waals surface area (Å²) in [6.45, 7) is 6.80. The summed E-state index contributed by atoms with van der Waals surface area (Å²) >= 11 is 0. The lowest BCUT2D eigenvalue weighted by Crippen LogP contribution is -2.45. The minimum Gasteiger partial charge on any atom is -0.493 e. The van der Waals surface area contributed by atoms with Crippen LogP contribution in [0.2, 0.25) is 0 Å². The van der Waals surface area contributed by atoms with Gasteiger partial charge in [0.1, 0.15) is 11.6 Å². The van der Waals surface area contributed by atoms with Crippen molar-refractivity contribution in [2.45, 2.75) is 13.5 Å². The van der Waals surface area contributed by atoms with Gasteiger partial charge in [-0.3, -0.25) is 4.79 Å². The van der Waals surface area contributed by atoms with Crippen LogP contribution in [0.5, 0.6) is 5.75 Å². The Morgan fingerprint density at radius 1 is 1.15 bits per heavy atom. The highest BCUT2D eigenvalue weighted by Gasteiger charge is 2.19. The molecule has 2 aromatic rings. The van der Waals surface area contributed by atoms with Gasteiger partial charge in [-0.1, -0.05) is 18.2 Å². The molecule has 0 unspecified atom stereocenters. The fourth-order valence-corrected chi connectivity index (χ4v) is 3.08. The maximum Gasteiger partial charge on any atom is 0.255 e. The molecule has 1 aliphatic heterocycles.